The van der Waals surface area contributed by atoms with Gasteiger partial charge in [0.1, 0.15) is 11.5 Å². The van der Waals surface area contributed by atoms with Gasteiger partial charge in [0, 0.05) is 23.9 Å². The molecule has 0 saturated carbocycles. The zero-order chi connectivity index (χ0) is 19.5. The van der Waals surface area contributed by atoms with Gasteiger partial charge in [0.15, 0.2) is 16.7 Å². The van der Waals surface area contributed by atoms with E-state index in [2.05, 4.69) is 10.3 Å². The van der Waals surface area contributed by atoms with Crippen LogP contribution in [0.3, 0.4) is 0 Å². The molecular weight excluding hydrogens is 381 g/mol. The molecule has 144 valence electrons. The number of hydrogen-bond donors (Lipinski definition) is 1. The molecule has 1 aliphatic rings. The number of fused-ring (bicyclic) bond motifs is 1. The van der Waals surface area contributed by atoms with Crippen molar-refractivity contribution in [3.05, 3.63) is 60.2 Å². The van der Waals surface area contributed by atoms with Crippen molar-refractivity contribution in [1.29, 1.82) is 0 Å². The third-order valence-electron chi connectivity index (χ3n) is 4.23. The second-order valence-electron chi connectivity index (χ2n) is 6.11. The Balaban J connectivity index is 1.63. The van der Waals surface area contributed by atoms with Crippen LogP contribution in [0.5, 0.6) is 11.5 Å². The predicted octanol–water partition coefficient (Wildman–Crippen LogP) is 4.15. The summed E-state index contributed by atoms with van der Waals surface area (Å²) in [6.45, 7) is 1.17. The molecule has 0 radical (unpaired) electrons. The molecule has 0 atom stereocenters. The molecule has 3 aromatic rings. The lowest BCUT2D eigenvalue weighted by Gasteiger charge is -2.13. The van der Waals surface area contributed by atoms with Crippen molar-refractivity contribution in [2.75, 3.05) is 24.8 Å². The standard InChI is InChI=1S/C20H18FN3O3S/c1-28-20-22-12-16(24(20)15-6-3-13(21)4-7-15)19(25)23-14-5-8-17-18(11-14)27-10-2-9-26-17/h3-8,11-12H,2,9-10H2,1H3,(H,23,25). The van der Waals surface area contributed by atoms with Crippen molar-refractivity contribution < 1.29 is 18.7 Å². The molecule has 4 rings (SSSR count). The van der Waals surface area contributed by atoms with Crippen molar-refractivity contribution in [3.8, 4) is 17.2 Å². The summed E-state index contributed by atoms with van der Waals surface area (Å²) in [7, 11) is 0. The summed E-state index contributed by atoms with van der Waals surface area (Å²) in [4.78, 5) is 17.2. The Bertz CT molecular complexity index is 1000. The highest BCUT2D eigenvalue weighted by Crippen LogP contribution is 2.32. The number of ether oxygens (including phenoxy) is 2. The number of thioether (sulfide) groups is 1. The maximum Gasteiger partial charge on any atom is 0.274 e. The number of carbonyl (C=O) groups is 1. The fraction of sp³-hybridized carbons (Fsp3) is 0.200. The molecule has 28 heavy (non-hydrogen) atoms. The lowest BCUT2D eigenvalue weighted by atomic mass is 10.2. The highest BCUT2D eigenvalue weighted by Gasteiger charge is 2.19. The van der Waals surface area contributed by atoms with Gasteiger partial charge in [-0.25, -0.2) is 9.37 Å². The van der Waals surface area contributed by atoms with Crippen molar-refractivity contribution in [2.24, 2.45) is 0 Å². The number of nitrogens with one attached hydrogen (secondary N) is 1. The van der Waals surface area contributed by atoms with Crippen LogP contribution < -0.4 is 14.8 Å². The molecule has 0 bridgehead atoms. The average molecular weight is 399 g/mol. The zero-order valence-corrected chi connectivity index (χ0v) is 16.0. The van der Waals surface area contributed by atoms with Gasteiger partial charge in [0.05, 0.1) is 19.4 Å². The summed E-state index contributed by atoms with van der Waals surface area (Å²) in [6.07, 6.45) is 4.19. The molecule has 0 spiro atoms. The number of benzene rings is 2. The predicted molar refractivity (Wildman–Crippen MR) is 105 cm³/mol. The van der Waals surface area contributed by atoms with E-state index in [1.54, 1.807) is 34.9 Å². The number of amides is 1. The smallest absolute Gasteiger partial charge is 0.274 e. The molecule has 0 unspecified atom stereocenters. The summed E-state index contributed by atoms with van der Waals surface area (Å²) in [5.41, 5.74) is 1.60. The summed E-state index contributed by atoms with van der Waals surface area (Å²) in [5.74, 6) is 0.600. The van der Waals surface area contributed by atoms with Gasteiger partial charge in [-0.1, -0.05) is 11.8 Å². The van der Waals surface area contributed by atoms with E-state index in [1.807, 2.05) is 6.26 Å². The topological polar surface area (TPSA) is 65.4 Å². The van der Waals surface area contributed by atoms with E-state index in [0.29, 0.717) is 46.9 Å². The molecule has 1 N–H and O–H groups in total. The summed E-state index contributed by atoms with van der Waals surface area (Å²) >= 11 is 1.40. The zero-order valence-electron chi connectivity index (χ0n) is 15.1. The van der Waals surface area contributed by atoms with E-state index in [1.165, 1.54) is 30.1 Å². The Morgan fingerprint density at radius 2 is 1.89 bits per heavy atom. The van der Waals surface area contributed by atoms with Gasteiger partial charge in [-0.3, -0.25) is 9.36 Å². The third-order valence-corrected chi connectivity index (χ3v) is 4.89. The summed E-state index contributed by atoms with van der Waals surface area (Å²) in [6, 6.07) is 11.2. The minimum Gasteiger partial charge on any atom is -0.490 e. The lowest BCUT2D eigenvalue weighted by Crippen LogP contribution is -2.16. The van der Waals surface area contributed by atoms with E-state index in [0.717, 1.165) is 6.42 Å². The molecule has 1 amide bonds. The molecule has 6 nitrogen and oxygen atoms in total. The minimum atomic E-state index is -0.340. The Kier molecular flexibility index (Phi) is 5.21. The quantitative estimate of drug-likeness (QED) is 0.668. The molecule has 1 aromatic heterocycles. The van der Waals surface area contributed by atoms with Crippen LogP contribution in [0.1, 0.15) is 16.9 Å². The van der Waals surface area contributed by atoms with Crippen LogP contribution >= 0.6 is 11.8 Å². The fourth-order valence-electron chi connectivity index (χ4n) is 2.91. The monoisotopic (exact) mass is 399 g/mol. The van der Waals surface area contributed by atoms with Gasteiger partial charge >= 0.3 is 0 Å². The first-order chi connectivity index (χ1) is 13.7. The first-order valence-electron chi connectivity index (χ1n) is 8.74. The number of carbonyl (C=O) groups excluding carboxylic acids is 1. The van der Waals surface area contributed by atoms with Crippen LogP contribution in [0.25, 0.3) is 5.69 Å². The Labute approximate surface area is 165 Å². The number of halogens is 1. The van der Waals surface area contributed by atoms with Crippen molar-refractivity contribution in [1.82, 2.24) is 9.55 Å². The SMILES string of the molecule is CSc1ncc(C(=O)Nc2ccc3c(c2)OCCCO3)n1-c1ccc(F)cc1. The fourth-order valence-corrected chi connectivity index (χ4v) is 3.46. The van der Waals surface area contributed by atoms with Crippen molar-refractivity contribution >= 4 is 23.4 Å². The van der Waals surface area contributed by atoms with Gasteiger partial charge in [-0.15, -0.1) is 0 Å². The van der Waals surface area contributed by atoms with E-state index in [4.69, 9.17) is 9.47 Å². The second-order valence-corrected chi connectivity index (χ2v) is 6.88. The Hall–Kier alpha value is -3.00. The molecule has 2 heterocycles. The maximum absolute atomic E-state index is 13.3. The molecule has 8 heteroatoms. The van der Waals surface area contributed by atoms with Crippen molar-refractivity contribution in [3.63, 3.8) is 0 Å². The van der Waals surface area contributed by atoms with Crippen molar-refractivity contribution in [2.45, 2.75) is 11.6 Å². The van der Waals surface area contributed by atoms with Crippen LogP contribution in [0.2, 0.25) is 0 Å². The highest BCUT2D eigenvalue weighted by molar-refractivity contribution is 7.98. The number of aromatic nitrogens is 2. The molecular formula is C20H18FN3O3S. The van der Waals surface area contributed by atoms with Gasteiger partial charge < -0.3 is 14.8 Å². The van der Waals surface area contributed by atoms with Crippen LogP contribution in [-0.2, 0) is 0 Å². The number of hydrogen-bond acceptors (Lipinski definition) is 5. The summed E-state index contributed by atoms with van der Waals surface area (Å²) < 4.78 is 26.3. The normalized spacial score (nSPS) is 13.1. The van der Waals surface area contributed by atoms with E-state index in [9.17, 15) is 9.18 Å². The molecule has 2 aromatic carbocycles. The molecule has 0 fully saturated rings. The third kappa shape index (κ3) is 3.68. The largest absolute Gasteiger partial charge is 0.490 e. The van der Waals surface area contributed by atoms with Crippen LogP contribution in [0.15, 0.2) is 53.8 Å². The van der Waals surface area contributed by atoms with Gasteiger partial charge in [-0.05, 0) is 42.7 Å². The molecule has 0 aliphatic carbocycles. The Morgan fingerprint density at radius 3 is 2.64 bits per heavy atom. The first kappa shape index (κ1) is 18.4. The van der Waals surface area contributed by atoms with Gasteiger partial charge in [-0.2, -0.15) is 0 Å². The molecule has 0 saturated heterocycles. The van der Waals surface area contributed by atoms with Crippen LogP contribution in [0, 0.1) is 5.82 Å². The number of rotatable bonds is 4. The Morgan fingerprint density at radius 1 is 1.14 bits per heavy atom. The van der Waals surface area contributed by atoms with E-state index < -0.39 is 0 Å². The first-order valence-corrected chi connectivity index (χ1v) is 9.97. The van der Waals surface area contributed by atoms with Crippen LogP contribution in [0.4, 0.5) is 10.1 Å². The number of anilines is 1. The highest BCUT2D eigenvalue weighted by atomic mass is 32.2. The number of imidazole rings is 1. The van der Waals surface area contributed by atoms with E-state index in [-0.39, 0.29) is 11.7 Å². The number of nitrogens with zero attached hydrogens (tertiary/aromatic N) is 2. The minimum absolute atomic E-state index is 0.327. The lowest BCUT2D eigenvalue weighted by molar-refractivity contribution is 0.102. The summed E-state index contributed by atoms with van der Waals surface area (Å²) in [5, 5.41) is 3.50. The maximum atomic E-state index is 13.3. The van der Waals surface area contributed by atoms with Gasteiger partial charge in [0.2, 0.25) is 0 Å². The molecule has 1 aliphatic heterocycles. The second kappa shape index (κ2) is 7.93. The average Bonchev–Trinajstić information content (AvgIpc) is 3.00. The van der Waals surface area contributed by atoms with Gasteiger partial charge in [0.25, 0.3) is 5.91 Å². The van der Waals surface area contributed by atoms with Crippen LogP contribution in [-0.4, -0.2) is 34.9 Å². The van der Waals surface area contributed by atoms with E-state index >= 15 is 0 Å².